The van der Waals surface area contributed by atoms with Gasteiger partial charge in [-0.15, -0.1) is 0 Å². The summed E-state index contributed by atoms with van der Waals surface area (Å²) in [6.07, 6.45) is 0. The van der Waals surface area contributed by atoms with Crippen molar-refractivity contribution in [3.63, 3.8) is 0 Å². The molecule has 0 saturated heterocycles. The standard InChI is InChI=1S/C16H12N6O4/c1-2-25-15(23)10-3-5-14(6-4-10)26-16(24)11-7-12(19-21-17)9-13(8-11)20-22-18/h3-9H,2H2,1H3. The van der Waals surface area contributed by atoms with Crippen LogP contribution in [0.25, 0.3) is 20.9 Å². The van der Waals surface area contributed by atoms with Crippen LogP contribution >= 0.6 is 0 Å². The van der Waals surface area contributed by atoms with Crippen LogP contribution in [-0.2, 0) is 4.74 Å². The first-order valence-corrected chi connectivity index (χ1v) is 7.32. The second-order valence-corrected chi connectivity index (χ2v) is 4.75. The van der Waals surface area contributed by atoms with Crippen LogP contribution in [0.1, 0.15) is 27.6 Å². The Morgan fingerprint density at radius 1 is 0.923 bits per heavy atom. The smallest absolute Gasteiger partial charge is 0.343 e. The van der Waals surface area contributed by atoms with Crippen LogP contribution in [-0.4, -0.2) is 18.5 Å². The highest BCUT2D eigenvalue weighted by molar-refractivity contribution is 5.93. The number of nitrogens with zero attached hydrogens (tertiary/aromatic N) is 6. The van der Waals surface area contributed by atoms with Crippen molar-refractivity contribution in [3.05, 3.63) is 74.5 Å². The third-order valence-electron chi connectivity index (χ3n) is 3.03. The molecule has 0 unspecified atom stereocenters. The molecule has 2 aromatic carbocycles. The van der Waals surface area contributed by atoms with Crippen LogP contribution < -0.4 is 4.74 Å². The largest absolute Gasteiger partial charge is 0.462 e. The van der Waals surface area contributed by atoms with Gasteiger partial charge in [0.15, 0.2) is 0 Å². The predicted molar refractivity (Wildman–Crippen MR) is 91.4 cm³/mol. The Morgan fingerprint density at radius 2 is 1.50 bits per heavy atom. The van der Waals surface area contributed by atoms with Crippen molar-refractivity contribution in [2.75, 3.05) is 6.61 Å². The van der Waals surface area contributed by atoms with Crippen LogP contribution in [0.4, 0.5) is 11.4 Å². The third kappa shape index (κ3) is 4.75. The van der Waals surface area contributed by atoms with Crippen LogP contribution in [0.3, 0.4) is 0 Å². The van der Waals surface area contributed by atoms with E-state index in [9.17, 15) is 9.59 Å². The minimum atomic E-state index is -0.752. The maximum Gasteiger partial charge on any atom is 0.343 e. The summed E-state index contributed by atoms with van der Waals surface area (Å²) in [5.41, 5.74) is 17.6. The molecule has 0 N–H and O–H groups in total. The minimum Gasteiger partial charge on any atom is -0.462 e. The van der Waals surface area contributed by atoms with E-state index in [1.54, 1.807) is 6.92 Å². The van der Waals surface area contributed by atoms with Gasteiger partial charge in [-0.25, -0.2) is 9.59 Å². The fourth-order valence-electron chi connectivity index (χ4n) is 1.97. The molecule has 0 aromatic heterocycles. The number of benzene rings is 2. The van der Waals surface area contributed by atoms with Crippen LogP contribution in [0.15, 0.2) is 52.7 Å². The molecule has 26 heavy (non-hydrogen) atoms. The third-order valence-corrected chi connectivity index (χ3v) is 3.03. The average molecular weight is 352 g/mol. The summed E-state index contributed by atoms with van der Waals surface area (Å²) in [5.74, 6) is -1.03. The molecule has 0 atom stereocenters. The molecule has 0 spiro atoms. The highest BCUT2D eigenvalue weighted by Crippen LogP contribution is 2.25. The lowest BCUT2D eigenvalue weighted by Crippen LogP contribution is -2.09. The van der Waals surface area contributed by atoms with E-state index >= 15 is 0 Å². The Labute approximate surface area is 147 Å². The van der Waals surface area contributed by atoms with E-state index in [1.807, 2.05) is 0 Å². The topological polar surface area (TPSA) is 150 Å². The van der Waals surface area contributed by atoms with Crippen molar-refractivity contribution in [3.8, 4) is 5.75 Å². The first-order valence-electron chi connectivity index (χ1n) is 7.32. The van der Waals surface area contributed by atoms with Crippen molar-refractivity contribution < 1.29 is 19.1 Å². The van der Waals surface area contributed by atoms with E-state index in [4.69, 9.17) is 20.5 Å². The predicted octanol–water partition coefficient (Wildman–Crippen LogP) is 4.97. The molecule has 0 aliphatic carbocycles. The summed E-state index contributed by atoms with van der Waals surface area (Å²) in [6, 6.07) is 9.72. The zero-order valence-corrected chi connectivity index (χ0v) is 13.6. The number of carbonyl (C=O) groups excluding carboxylic acids is 2. The van der Waals surface area contributed by atoms with Gasteiger partial charge in [-0.05, 0) is 60.5 Å². The molecule has 0 heterocycles. The van der Waals surface area contributed by atoms with Crippen LogP contribution in [0, 0.1) is 0 Å². The van der Waals surface area contributed by atoms with E-state index in [0.717, 1.165) is 0 Å². The lowest BCUT2D eigenvalue weighted by Gasteiger charge is -2.07. The van der Waals surface area contributed by atoms with Crippen LogP contribution in [0.2, 0.25) is 0 Å². The second-order valence-electron chi connectivity index (χ2n) is 4.75. The van der Waals surface area contributed by atoms with Crippen molar-refractivity contribution in [1.82, 2.24) is 0 Å². The molecule has 10 heteroatoms. The molecule has 0 aliphatic rings. The van der Waals surface area contributed by atoms with Gasteiger partial charge < -0.3 is 9.47 Å². The molecule has 0 aliphatic heterocycles. The Bertz CT molecular complexity index is 892. The summed E-state index contributed by atoms with van der Waals surface area (Å²) in [4.78, 5) is 29.1. The summed E-state index contributed by atoms with van der Waals surface area (Å²) in [7, 11) is 0. The van der Waals surface area contributed by atoms with Gasteiger partial charge in [0.25, 0.3) is 0 Å². The van der Waals surface area contributed by atoms with Gasteiger partial charge in [0.05, 0.1) is 17.7 Å². The Kier molecular flexibility index (Phi) is 6.17. The Balaban J connectivity index is 2.22. The van der Waals surface area contributed by atoms with Crippen molar-refractivity contribution in [2.45, 2.75) is 6.92 Å². The molecule has 0 fully saturated rings. The SMILES string of the molecule is CCOC(=O)c1ccc(OC(=O)c2cc(N=[N+]=[N-])cc(N=[N+]=[N-])c2)cc1. The number of esters is 2. The molecule has 0 saturated carbocycles. The fourth-order valence-corrected chi connectivity index (χ4v) is 1.97. The van der Waals surface area contributed by atoms with E-state index < -0.39 is 11.9 Å². The number of ether oxygens (including phenoxy) is 2. The zero-order chi connectivity index (χ0) is 18.9. The molecule has 130 valence electrons. The van der Waals surface area contributed by atoms with E-state index in [0.29, 0.717) is 5.56 Å². The molecular weight excluding hydrogens is 340 g/mol. The number of azide groups is 2. The molecule has 0 radical (unpaired) electrons. The summed E-state index contributed by atoms with van der Waals surface area (Å²) in [6.45, 7) is 1.95. The van der Waals surface area contributed by atoms with Gasteiger partial charge in [0.2, 0.25) is 0 Å². The van der Waals surface area contributed by atoms with E-state index in [2.05, 4.69) is 20.1 Å². The maximum atomic E-state index is 12.3. The number of rotatable bonds is 6. The normalized spacial score (nSPS) is 9.42. The summed E-state index contributed by atoms with van der Waals surface area (Å²) < 4.78 is 10.1. The van der Waals surface area contributed by atoms with Gasteiger partial charge in [-0.3, -0.25) is 0 Å². The molecule has 2 rings (SSSR count). The van der Waals surface area contributed by atoms with Crippen molar-refractivity contribution >= 4 is 23.3 Å². The van der Waals surface area contributed by atoms with Gasteiger partial charge in [0, 0.05) is 21.2 Å². The first kappa shape index (κ1) is 18.3. The molecule has 0 bridgehead atoms. The van der Waals surface area contributed by atoms with Gasteiger partial charge >= 0.3 is 11.9 Å². The lowest BCUT2D eigenvalue weighted by atomic mass is 10.1. The molecule has 10 nitrogen and oxygen atoms in total. The second kappa shape index (κ2) is 8.74. The van der Waals surface area contributed by atoms with Gasteiger partial charge in [-0.2, -0.15) is 0 Å². The highest BCUT2D eigenvalue weighted by Gasteiger charge is 2.12. The Hall–Kier alpha value is -4.00. The van der Waals surface area contributed by atoms with Crippen molar-refractivity contribution in [1.29, 1.82) is 0 Å². The number of hydrogen-bond acceptors (Lipinski definition) is 6. The number of carbonyl (C=O) groups is 2. The maximum absolute atomic E-state index is 12.3. The number of hydrogen-bond donors (Lipinski definition) is 0. The highest BCUT2D eigenvalue weighted by atomic mass is 16.5. The van der Waals surface area contributed by atoms with E-state index in [-0.39, 0.29) is 29.3 Å². The Morgan fingerprint density at radius 3 is 2.00 bits per heavy atom. The molecule has 2 aromatic rings. The average Bonchev–Trinajstić information content (AvgIpc) is 2.63. The minimum absolute atomic E-state index is 0.0340. The van der Waals surface area contributed by atoms with Crippen LogP contribution in [0.5, 0.6) is 5.75 Å². The van der Waals surface area contributed by atoms with Crippen molar-refractivity contribution in [2.24, 2.45) is 10.2 Å². The van der Waals surface area contributed by atoms with E-state index in [1.165, 1.54) is 42.5 Å². The molecule has 0 amide bonds. The first-order chi connectivity index (χ1) is 12.6. The van der Waals surface area contributed by atoms with Gasteiger partial charge in [-0.1, -0.05) is 10.2 Å². The summed E-state index contributed by atoms with van der Waals surface area (Å²) >= 11 is 0. The lowest BCUT2D eigenvalue weighted by molar-refractivity contribution is 0.0526. The summed E-state index contributed by atoms with van der Waals surface area (Å²) in [5, 5.41) is 6.77. The monoisotopic (exact) mass is 352 g/mol. The fraction of sp³-hybridized carbons (Fsp3) is 0.125. The quantitative estimate of drug-likeness (QED) is 0.237. The molecular formula is C16H12N6O4. The zero-order valence-electron chi connectivity index (χ0n) is 13.6. The van der Waals surface area contributed by atoms with Gasteiger partial charge in [0.1, 0.15) is 5.75 Å².